The van der Waals surface area contributed by atoms with E-state index >= 15 is 0 Å². The summed E-state index contributed by atoms with van der Waals surface area (Å²) < 4.78 is 13.3. The van der Waals surface area contributed by atoms with Crippen molar-refractivity contribution >= 4 is 17.5 Å². The maximum absolute atomic E-state index is 13.6. The minimum atomic E-state index is -0.268. The summed E-state index contributed by atoms with van der Waals surface area (Å²) in [6.45, 7) is 2.47. The van der Waals surface area contributed by atoms with Gasteiger partial charge < -0.3 is 4.90 Å². The first kappa shape index (κ1) is 21.5. The monoisotopic (exact) mass is 436 g/mol. The van der Waals surface area contributed by atoms with Gasteiger partial charge in [-0.05, 0) is 72.2 Å². The van der Waals surface area contributed by atoms with E-state index in [1.165, 1.54) is 12.1 Å². The molecule has 0 spiro atoms. The molecule has 1 aliphatic rings. The van der Waals surface area contributed by atoms with Gasteiger partial charge in [0.1, 0.15) is 5.82 Å². The molecule has 5 heteroatoms. The third-order valence-corrected chi connectivity index (χ3v) is 6.17. The molecule has 0 bridgehead atoms. The van der Waals surface area contributed by atoms with Crippen LogP contribution < -0.4 is 0 Å². The van der Waals surface area contributed by atoms with Gasteiger partial charge in [-0.2, -0.15) is 0 Å². The third kappa shape index (κ3) is 5.50. The van der Waals surface area contributed by atoms with E-state index in [0.717, 1.165) is 29.7 Å². The van der Waals surface area contributed by atoms with Crippen LogP contribution in [0.4, 0.5) is 4.39 Å². The van der Waals surface area contributed by atoms with E-state index in [1.54, 1.807) is 18.3 Å². The van der Waals surface area contributed by atoms with Crippen molar-refractivity contribution in [1.82, 2.24) is 9.88 Å². The average Bonchev–Trinajstić information content (AvgIpc) is 3.61. The number of halogens is 2. The van der Waals surface area contributed by atoms with Gasteiger partial charge in [-0.25, -0.2) is 4.39 Å². The number of hydrogen-bond donors (Lipinski definition) is 0. The number of amides is 1. The molecule has 4 rings (SSSR count). The Morgan fingerprint density at radius 2 is 1.74 bits per heavy atom. The van der Waals surface area contributed by atoms with Crippen molar-refractivity contribution in [2.24, 2.45) is 5.92 Å². The minimum absolute atomic E-state index is 0.00723. The van der Waals surface area contributed by atoms with Gasteiger partial charge in [0, 0.05) is 17.6 Å². The average molecular weight is 437 g/mol. The second-order valence-corrected chi connectivity index (χ2v) is 8.77. The molecular formula is C26H26ClFN2O. The fourth-order valence-electron chi connectivity index (χ4n) is 4.07. The maximum Gasteiger partial charge on any atom is 0.224 e. The Balaban J connectivity index is 1.61. The van der Waals surface area contributed by atoms with Crippen molar-refractivity contribution in [3.05, 3.63) is 101 Å². The van der Waals surface area contributed by atoms with Gasteiger partial charge >= 0.3 is 0 Å². The molecule has 160 valence electrons. The van der Waals surface area contributed by atoms with Crippen molar-refractivity contribution < 1.29 is 9.18 Å². The van der Waals surface area contributed by atoms with Crippen LogP contribution in [-0.4, -0.2) is 15.8 Å². The zero-order valence-electron chi connectivity index (χ0n) is 17.5. The number of aromatic nitrogens is 1. The van der Waals surface area contributed by atoms with E-state index in [2.05, 4.69) is 4.98 Å². The van der Waals surface area contributed by atoms with E-state index in [-0.39, 0.29) is 23.7 Å². The third-order valence-electron chi connectivity index (χ3n) is 5.91. The van der Waals surface area contributed by atoms with Crippen LogP contribution in [0.2, 0.25) is 5.02 Å². The Hall–Kier alpha value is -2.72. The van der Waals surface area contributed by atoms with Gasteiger partial charge in [-0.1, -0.05) is 48.9 Å². The molecule has 1 aromatic heterocycles. The van der Waals surface area contributed by atoms with Crippen LogP contribution in [0.15, 0.2) is 72.9 Å². The van der Waals surface area contributed by atoms with Crippen molar-refractivity contribution in [3.8, 4) is 0 Å². The molecule has 3 nitrogen and oxygen atoms in total. The van der Waals surface area contributed by atoms with Crippen molar-refractivity contribution in [2.75, 3.05) is 0 Å². The molecule has 0 saturated heterocycles. The molecule has 31 heavy (non-hydrogen) atoms. The molecule has 2 atom stereocenters. The van der Waals surface area contributed by atoms with E-state index in [0.29, 0.717) is 23.9 Å². The van der Waals surface area contributed by atoms with E-state index in [4.69, 9.17) is 11.6 Å². The lowest BCUT2D eigenvalue weighted by Gasteiger charge is -2.33. The summed E-state index contributed by atoms with van der Waals surface area (Å²) in [5, 5.41) is 0.686. The minimum Gasteiger partial charge on any atom is -0.329 e. The van der Waals surface area contributed by atoms with Crippen LogP contribution in [-0.2, 0) is 11.3 Å². The summed E-state index contributed by atoms with van der Waals surface area (Å²) in [6, 6.07) is 20.0. The molecule has 3 aromatic rings. The molecule has 1 unspecified atom stereocenters. The predicted octanol–water partition coefficient (Wildman–Crippen LogP) is 6.55. The highest BCUT2D eigenvalue weighted by Gasteiger charge is 2.38. The zero-order chi connectivity index (χ0) is 21.8. The fraction of sp³-hybridized carbons (Fsp3) is 0.308. The molecule has 1 amide bonds. The number of nitrogens with zero attached hydrogens (tertiary/aromatic N) is 2. The normalized spacial score (nSPS) is 15.3. The van der Waals surface area contributed by atoms with Gasteiger partial charge in [0.25, 0.3) is 0 Å². The first-order valence-corrected chi connectivity index (χ1v) is 11.1. The summed E-state index contributed by atoms with van der Waals surface area (Å²) in [7, 11) is 0. The summed E-state index contributed by atoms with van der Waals surface area (Å²) >= 11 is 6.11. The smallest absolute Gasteiger partial charge is 0.224 e. The largest absolute Gasteiger partial charge is 0.329 e. The first-order valence-electron chi connectivity index (χ1n) is 10.7. The summed E-state index contributed by atoms with van der Waals surface area (Å²) in [5.41, 5.74) is 2.93. The molecule has 1 saturated carbocycles. The molecule has 0 aliphatic heterocycles. The summed E-state index contributed by atoms with van der Waals surface area (Å²) in [4.78, 5) is 20.0. The SMILES string of the molecule is C[C@H](CC(=O)N(Cc1ccccn1)C(c1ccc(Cl)cc1)C1CC1)c1ccc(F)cc1. The lowest BCUT2D eigenvalue weighted by atomic mass is 9.95. The Labute approximate surface area is 187 Å². The molecule has 1 heterocycles. The number of carbonyl (C=O) groups is 1. The van der Waals surface area contributed by atoms with Crippen LogP contribution in [0.5, 0.6) is 0 Å². The molecule has 1 aliphatic carbocycles. The van der Waals surface area contributed by atoms with Crippen LogP contribution in [0.3, 0.4) is 0 Å². The van der Waals surface area contributed by atoms with Crippen LogP contribution in [0.1, 0.15) is 55.0 Å². The Kier molecular flexibility index (Phi) is 6.67. The number of hydrogen-bond acceptors (Lipinski definition) is 2. The van der Waals surface area contributed by atoms with Gasteiger partial charge in [0.2, 0.25) is 5.91 Å². The second kappa shape index (κ2) is 9.61. The zero-order valence-corrected chi connectivity index (χ0v) is 18.3. The van der Waals surface area contributed by atoms with E-state index < -0.39 is 0 Å². The van der Waals surface area contributed by atoms with E-state index in [1.807, 2.05) is 54.3 Å². The number of benzene rings is 2. The summed E-state index contributed by atoms with van der Waals surface area (Å²) in [5.74, 6) is 0.240. The second-order valence-electron chi connectivity index (χ2n) is 8.33. The molecular weight excluding hydrogens is 411 g/mol. The Morgan fingerprint density at radius 3 is 2.35 bits per heavy atom. The van der Waals surface area contributed by atoms with Crippen molar-refractivity contribution in [3.63, 3.8) is 0 Å². The number of pyridine rings is 1. The van der Waals surface area contributed by atoms with Crippen LogP contribution in [0.25, 0.3) is 0 Å². The molecule has 0 N–H and O–H groups in total. The highest BCUT2D eigenvalue weighted by molar-refractivity contribution is 6.30. The van der Waals surface area contributed by atoms with Crippen LogP contribution >= 0.6 is 11.6 Å². The van der Waals surface area contributed by atoms with Gasteiger partial charge in [0.15, 0.2) is 0 Å². The highest BCUT2D eigenvalue weighted by Crippen LogP contribution is 2.45. The molecule has 0 radical (unpaired) electrons. The number of carbonyl (C=O) groups excluding carboxylic acids is 1. The van der Waals surface area contributed by atoms with Gasteiger partial charge in [-0.15, -0.1) is 0 Å². The van der Waals surface area contributed by atoms with E-state index in [9.17, 15) is 9.18 Å². The highest BCUT2D eigenvalue weighted by atomic mass is 35.5. The van der Waals surface area contributed by atoms with Crippen molar-refractivity contribution in [1.29, 1.82) is 0 Å². The van der Waals surface area contributed by atoms with Crippen LogP contribution in [0, 0.1) is 11.7 Å². The predicted molar refractivity (Wildman–Crippen MR) is 121 cm³/mol. The lowest BCUT2D eigenvalue weighted by molar-refractivity contribution is -0.135. The lowest BCUT2D eigenvalue weighted by Crippen LogP contribution is -2.36. The molecule has 2 aromatic carbocycles. The topological polar surface area (TPSA) is 33.2 Å². The standard InChI is InChI=1S/C26H26ClFN2O/c1-18(19-9-13-23(28)14-10-19)16-25(31)30(17-24-4-2-3-15-29-24)26(20-5-6-20)21-7-11-22(27)12-8-21/h2-4,7-15,18,20,26H,5-6,16-17H2,1H3/t18-,26?/m1/s1. The Bertz CT molecular complexity index is 1000. The van der Waals surface area contributed by atoms with Gasteiger partial charge in [0.05, 0.1) is 18.3 Å². The quantitative estimate of drug-likeness (QED) is 0.401. The first-order chi connectivity index (χ1) is 15.0. The maximum atomic E-state index is 13.6. The number of rotatable bonds is 8. The fourth-order valence-corrected chi connectivity index (χ4v) is 4.20. The Morgan fingerprint density at radius 1 is 1.06 bits per heavy atom. The molecule has 1 fully saturated rings. The van der Waals surface area contributed by atoms with Gasteiger partial charge in [-0.3, -0.25) is 9.78 Å². The van der Waals surface area contributed by atoms with Crippen molar-refractivity contribution in [2.45, 2.75) is 44.7 Å². The summed E-state index contributed by atoms with van der Waals surface area (Å²) in [6.07, 6.45) is 4.32.